The first kappa shape index (κ1) is 12.5. The normalized spacial score (nSPS) is 10.1. The lowest BCUT2D eigenvalue weighted by atomic mass is 10.2. The molecule has 0 unspecified atom stereocenters. The Hall–Kier alpha value is -1.94. The molecule has 1 aromatic carbocycles. The molecule has 0 fully saturated rings. The van der Waals surface area contributed by atoms with Gasteiger partial charge in [0.1, 0.15) is 11.6 Å². The van der Waals surface area contributed by atoms with Crippen LogP contribution in [-0.2, 0) is 6.61 Å². The molecule has 92 valence electrons. The summed E-state index contributed by atoms with van der Waals surface area (Å²) in [5, 5.41) is 0. The van der Waals surface area contributed by atoms with Gasteiger partial charge in [0.25, 0.3) is 0 Å². The number of aromatic nitrogens is 1. The number of aryl methyl sites for hydroxylation is 1. The molecule has 0 amide bonds. The van der Waals surface area contributed by atoms with Gasteiger partial charge in [0, 0.05) is 17.3 Å². The van der Waals surface area contributed by atoms with E-state index in [1.807, 2.05) is 43.3 Å². The molecule has 0 aliphatic rings. The molecule has 0 radical (unpaired) electrons. The molecule has 2 rings (SSSR count). The first-order valence-corrected chi connectivity index (χ1v) is 6.01. The van der Waals surface area contributed by atoms with Crippen LogP contribution in [0.4, 0.5) is 0 Å². The number of rotatable bonds is 4. The maximum absolute atomic E-state index is 5.64. The lowest BCUT2D eigenvalue weighted by Crippen LogP contribution is -2.10. The van der Waals surface area contributed by atoms with Crippen molar-refractivity contribution in [3.05, 3.63) is 59.3 Å². The highest BCUT2D eigenvalue weighted by Gasteiger charge is 2.03. The van der Waals surface area contributed by atoms with Gasteiger partial charge in [0.15, 0.2) is 0 Å². The molecule has 0 atom stereocenters. The van der Waals surface area contributed by atoms with Crippen LogP contribution in [-0.4, -0.2) is 9.97 Å². The number of nitrogens with two attached hydrogens (primary N) is 1. The Morgan fingerprint density at radius 1 is 1.28 bits per heavy atom. The summed E-state index contributed by atoms with van der Waals surface area (Å²) < 4.78 is 5.64. The van der Waals surface area contributed by atoms with Gasteiger partial charge in [-0.25, -0.2) is 4.98 Å². The molecule has 3 nitrogen and oxygen atoms in total. The number of nitrogens with zero attached hydrogens (tertiary/aromatic N) is 1. The Morgan fingerprint density at radius 2 is 2.00 bits per heavy atom. The van der Waals surface area contributed by atoms with Crippen LogP contribution in [0.5, 0.6) is 5.88 Å². The van der Waals surface area contributed by atoms with E-state index in [9.17, 15) is 0 Å². The standard InChI is InChI=1S/C14H14N2OS/c1-10-7-12(14(15)18)8-13(16-10)17-9-11-5-3-2-4-6-11/h2-8H,9H2,1H3,(H2,15,18). The lowest BCUT2D eigenvalue weighted by molar-refractivity contribution is 0.293. The lowest BCUT2D eigenvalue weighted by Gasteiger charge is -2.08. The second-order valence-electron chi connectivity index (χ2n) is 3.97. The zero-order valence-corrected chi connectivity index (χ0v) is 10.9. The van der Waals surface area contributed by atoms with E-state index in [0.717, 1.165) is 16.8 Å². The average Bonchev–Trinajstić information content (AvgIpc) is 2.37. The van der Waals surface area contributed by atoms with Crippen LogP contribution >= 0.6 is 12.2 Å². The van der Waals surface area contributed by atoms with Crippen LogP contribution in [0, 0.1) is 6.92 Å². The molecule has 0 saturated heterocycles. The van der Waals surface area contributed by atoms with Gasteiger partial charge in [-0.2, -0.15) is 0 Å². The number of ether oxygens (including phenoxy) is 1. The summed E-state index contributed by atoms with van der Waals surface area (Å²) in [6, 6.07) is 13.5. The second kappa shape index (κ2) is 5.60. The molecule has 1 heterocycles. The third kappa shape index (κ3) is 3.28. The van der Waals surface area contributed by atoms with Crippen molar-refractivity contribution in [1.82, 2.24) is 4.98 Å². The van der Waals surface area contributed by atoms with E-state index in [1.54, 1.807) is 6.07 Å². The van der Waals surface area contributed by atoms with Gasteiger partial charge in [0.05, 0.1) is 0 Å². The zero-order valence-electron chi connectivity index (χ0n) is 10.1. The third-order valence-electron chi connectivity index (χ3n) is 2.44. The van der Waals surface area contributed by atoms with Crippen molar-refractivity contribution < 1.29 is 4.74 Å². The topological polar surface area (TPSA) is 48.1 Å². The van der Waals surface area contributed by atoms with E-state index < -0.39 is 0 Å². The smallest absolute Gasteiger partial charge is 0.214 e. The van der Waals surface area contributed by atoms with Crippen LogP contribution in [0.15, 0.2) is 42.5 Å². The fraction of sp³-hybridized carbons (Fsp3) is 0.143. The van der Waals surface area contributed by atoms with Crippen LogP contribution in [0.25, 0.3) is 0 Å². The van der Waals surface area contributed by atoms with Crippen LogP contribution < -0.4 is 10.5 Å². The highest BCUT2D eigenvalue weighted by molar-refractivity contribution is 7.80. The van der Waals surface area contributed by atoms with Gasteiger partial charge in [-0.15, -0.1) is 0 Å². The Labute approximate surface area is 112 Å². The van der Waals surface area contributed by atoms with E-state index in [4.69, 9.17) is 22.7 Å². The van der Waals surface area contributed by atoms with Gasteiger partial charge < -0.3 is 10.5 Å². The fourth-order valence-electron chi connectivity index (χ4n) is 1.59. The highest BCUT2D eigenvalue weighted by Crippen LogP contribution is 2.14. The van der Waals surface area contributed by atoms with E-state index in [-0.39, 0.29) is 0 Å². The minimum Gasteiger partial charge on any atom is -0.473 e. The largest absolute Gasteiger partial charge is 0.473 e. The Bertz CT molecular complexity index is 555. The van der Waals surface area contributed by atoms with Gasteiger partial charge in [-0.1, -0.05) is 42.5 Å². The van der Waals surface area contributed by atoms with Crippen molar-refractivity contribution in [1.29, 1.82) is 0 Å². The molecule has 18 heavy (non-hydrogen) atoms. The number of benzene rings is 1. The molecule has 0 aliphatic carbocycles. The molecule has 0 spiro atoms. The summed E-state index contributed by atoms with van der Waals surface area (Å²) in [6.07, 6.45) is 0. The average molecular weight is 258 g/mol. The second-order valence-corrected chi connectivity index (χ2v) is 4.41. The molecule has 1 aromatic heterocycles. The van der Waals surface area contributed by atoms with Crippen molar-refractivity contribution in [3.8, 4) is 5.88 Å². The molecule has 2 aromatic rings. The first-order valence-electron chi connectivity index (χ1n) is 5.60. The van der Waals surface area contributed by atoms with Crippen LogP contribution in [0.3, 0.4) is 0 Å². The van der Waals surface area contributed by atoms with Crippen molar-refractivity contribution in [3.63, 3.8) is 0 Å². The fourth-order valence-corrected chi connectivity index (χ4v) is 1.70. The predicted molar refractivity (Wildman–Crippen MR) is 75.6 cm³/mol. The summed E-state index contributed by atoms with van der Waals surface area (Å²) in [5.74, 6) is 0.543. The summed E-state index contributed by atoms with van der Waals surface area (Å²) in [7, 11) is 0. The number of thiocarbonyl (C=S) groups is 1. The summed E-state index contributed by atoms with van der Waals surface area (Å²) >= 11 is 4.95. The Morgan fingerprint density at radius 3 is 2.67 bits per heavy atom. The van der Waals surface area contributed by atoms with E-state index in [2.05, 4.69) is 4.98 Å². The predicted octanol–water partition coefficient (Wildman–Crippen LogP) is 2.60. The van der Waals surface area contributed by atoms with Crippen molar-refractivity contribution in [2.45, 2.75) is 13.5 Å². The maximum atomic E-state index is 5.64. The van der Waals surface area contributed by atoms with Crippen LogP contribution in [0.1, 0.15) is 16.8 Å². The van der Waals surface area contributed by atoms with Crippen molar-refractivity contribution in [2.75, 3.05) is 0 Å². The zero-order chi connectivity index (χ0) is 13.0. The SMILES string of the molecule is Cc1cc(C(N)=S)cc(OCc2ccccc2)n1. The molecule has 0 aliphatic heterocycles. The van der Waals surface area contributed by atoms with Crippen molar-refractivity contribution in [2.24, 2.45) is 5.73 Å². The summed E-state index contributed by atoms with van der Waals surface area (Å²) in [5.41, 5.74) is 8.32. The van der Waals surface area contributed by atoms with E-state index >= 15 is 0 Å². The summed E-state index contributed by atoms with van der Waals surface area (Å²) in [6.45, 7) is 2.37. The molecule has 4 heteroatoms. The molecular formula is C14H14N2OS. The summed E-state index contributed by atoms with van der Waals surface area (Å²) in [4.78, 5) is 4.65. The monoisotopic (exact) mass is 258 g/mol. The van der Waals surface area contributed by atoms with Gasteiger partial charge in [-0.05, 0) is 18.6 Å². The maximum Gasteiger partial charge on any atom is 0.214 e. The van der Waals surface area contributed by atoms with Gasteiger partial charge in [0.2, 0.25) is 5.88 Å². The van der Waals surface area contributed by atoms with Crippen molar-refractivity contribution >= 4 is 17.2 Å². The highest BCUT2D eigenvalue weighted by atomic mass is 32.1. The van der Waals surface area contributed by atoms with E-state index in [1.165, 1.54) is 0 Å². The number of pyridine rings is 1. The van der Waals surface area contributed by atoms with Gasteiger partial charge in [-0.3, -0.25) is 0 Å². The Kier molecular flexibility index (Phi) is 3.89. The number of hydrogen-bond donors (Lipinski definition) is 1. The molecular weight excluding hydrogens is 244 g/mol. The third-order valence-corrected chi connectivity index (χ3v) is 2.68. The van der Waals surface area contributed by atoms with Crippen LogP contribution in [0.2, 0.25) is 0 Å². The molecule has 0 bridgehead atoms. The Balaban J connectivity index is 2.12. The molecule has 2 N–H and O–H groups in total. The minimum absolute atomic E-state index is 0.352. The molecule has 0 saturated carbocycles. The van der Waals surface area contributed by atoms with Gasteiger partial charge >= 0.3 is 0 Å². The number of hydrogen-bond acceptors (Lipinski definition) is 3. The van der Waals surface area contributed by atoms with E-state index in [0.29, 0.717) is 17.5 Å². The first-order chi connectivity index (χ1) is 8.65. The quantitative estimate of drug-likeness (QED) is 0.856. The minimum atomic E-state index is 0.352.